The van der Waals surface area contributed by atoms with Crippen molar-refractivity contribution in [2.24, 2.45) is 7.05 Å². The highest BCUT2D eigenvalue weighted by atomic mass is 35.5. The predicted octanol–water partition coefficient (Wildman–Crippen LogP) is 4.86. The predicted molar refractivity (Wildman–Crippen MR) is 170 cm³/mol. The number of hydrogen-bond donors (Lipinski definition) is 2. The minimum Gasteiger partial charge on any atom is -0.450 e. The summed E-state index contributed by atoms with van der Waals surface area (Å²) < 4.78 is 51.3. The molecule has 2 bridgehead atoms. The Morgan fingerprint density at radius 3 is 2.65 bits per heavy atom. The summed E-state index contributed by atoms with van der Waals surface area (Å²) in [7, 11) is 1.73. The Morgan fingerprint density at radius 2 is 1.85 bits per heavy atom. The zero-order chi connectivity index (χ0) is 33.7. The fraction of sp³-hybridized carbons (Fsp3) is 0.188. The topological polar surface area (TPSA) is 138 Å². The van der Waals surface area contributed by atoms with Gasteiger partial charge in [-0.1, -0.05) is 29.8 Å². The molecule has 0 fully saturated rings. The third-order valence-corrected chi connectivity index (χ3v) is 8.29. The average molecular weight is 677 g/mol. The van der Waals surface area contributed by atoms with Gasteiger partial charge in [-0.25, -0.2) is 32.1 Å². The van der Waals surface area contributed by atoms with Gasteiger partial charge in [0.15, 0.2) is 17.5 Å². The highest BCUT2D eigenvalue weighted by Gasteiger charge is 2.23. The van der Waals surface area contributed by atoms with Gasteiger partial charge in [0, 0.05) is 42.1 Å². The van der Waals surface area contributed by atoms with E-state index < -0.39 is 41.5 Å². The van der Waals surface area contributed by atoms with Gasteiger partial charge in [-0.2, -0.15) is 10.1 Å². The van der Waals surface area contributed by atoms with E-state index in [0.29, 0.717) is 45.6 Å². The van der Waals surface area contributed by atoms with Crippen LogP contribution in [0, 0.1) is 17.5 Å². The standard InChI is InChI=1S/C32H24ClF3N8O4/c1-42-15-20-19-6-3-7-48-31(46)38-12-18-5-2-4-17-11-37-13-25(26(17)18)44-30(45)40-29(39-28(19)21(33)10-24(20)41-42)43(32(44)47)14-16-8-22(34)27(36)23(35)9-16/h2,4-5,8-11,13,15H,3,6-7,12,14H2,1H3,(H,38,46)(H,39,40,45). The minimum atomic E-state index is -1.67. The number of fused-ring (bicyclic) bond motifs is 9. The number of halogens is 4. The van der Waals surface area contributed by atoms with Crippen LogP contribution in [0.4, 0.5) is 29.6 Å². The van der Waals surface area contributed by atoms with Crippen molar-refractivity contribution in [2.45, 2.75) is 25.9 Å². The lowest BCUT2D eigenvalue weighted by Gasteiger charge is -2.19. The van der Waals surface area contributed by atoms with E-state index >= 15 is 0 Å². The molecule has 2 aliphatic rings. The van der Waals surface area contributed by atoms with Crippen molar-refractivity contribution >= 4 is 51.0 Å². The molecule has 0 saturated carbocycles. The number of carbonyl (C=O) groups is 1. The first-order chi connectivity index (χ1) is 23.1. The molecule has 0 unspecified atom stereocenters. The van der Waals surface area contributed by atoms with Crippen LogP contribution in [0.1, 0.15) is 23.1 Å². The molecule has 12 nitrogen and oxygen atoms in total. The number of amides is 1. The highest BCUT2D eigenvalue weighted by Crippen LogP contribution is 2.36. The normalized spacial score (nSPS) is 13.6. The zero-order valence-corrected chi connectivity index (χ0v) is 25.8. The van der Waals surface area contributed by atoms with E-state index in [-0.39, 0.29) is 41.1 Å². The lowest BCUT2D eigenvalue weighted by molar-refractivity contribution is 0.144. The number of ether oxygens (including phenoxy) is 1. The molecular weight excluding hydrogens is 653 g/mol. The van der Waals surface area contributed by atoms with Crippen molar-refractivity contribution in [1.82, 2.24) is 34.2 Å². The van der Waals surface area contributed by atoms with Crippen molar-refractivity contribution < 1.29 is 22.7 Å². The molecule has 244 valence electrons. The molecule has 0 atom stereocenters. The van der Waals surface area contributed by atoms with E-state index in [0.717, 1.165) is 21.3 Å². The molecule has 3 aromatic heterocycles. The quantitative estimate of drug-likeness (QED) is 0.248. The number of alkyl carbamates (subject to hydrolysis) is 1. The van der Waals surface area contributed by atoms with Crippen molar-refractivity contribution in [3.05, 3.63) is 115 Å². The second-order valence-electron chi connectivity index (χ2n) is 11.1. The summed E-state index contributed by atoms with van der Waals surface area (Å²) in [6, 6.07) is 8.23. The fourth-order valence-electron chi connectivity index (χ4n) is 5.88. The lowest BCUT2D eigenvalue weighted by atomic mass is 10.0. The molecule has 2 N–H and O–H groups in total. The number of carbonyl (C=O) groups excluding carboxylic acids is 1. The first-order valence-electron chi connectivity index (χ1n) is 14.6. The third kappa shape index (κ3) is 5.51. The van der Waals surface area contributed by atoms with Gasteiger partial charge in [-0.05, 0) is 47.7 Å². The maximum atomic E-state index is 14.4. The average Bonchev–Trinajstić information content (AvgIpc) is 3.42. The van der Waals surface area contributed by atoms with Crippen LogP contribution in [-0.2, 0) is 31.3 Å². The molecular formula is C32H24ClF3N8O4. The minimum absolute atomic E-state index is 0.0217. The van der Waals surface area contributed by atoms with Crippen LogP contribution in [0.15, 0.2) is 64.6 Å². The lowest BCUT2D eigenvalue weighted by Crippen LogP contribution is -2.42. The van der Waals surface area contributed by atoms with Crippen LogP contribution in [-0.4, -0.2) is 41.6 Å². The molecule has 0 saturated heterocycles. The van der Waals surface area contributed by atoms with E-state index in [1.807, 2.05) is 0 Å². The number of rotatable bonds is 2. The van der Waals surface area contributed by atoms with Crippen molar-refractivity contribution in [3.63, 3.8) is 0 Å². The molecule has 3 aromatic carbocycles. The molecule has 0 radical (unpaired) electrons. The largest absolute Gasteiger partial charge is 0.450 e. The highest BCUT2D eigenvalue weighted by molar-refractivity contribution is 6.34. The third-order valence-electron chi connectivity index (χ3n) is 8.00. The molecule has 1 amide bonds. The molecule has 5 heterocycles. The number of pyridine rings is 1. The van der Waals surface area contributed by atoms with Crippen LogP contribution in [0.5, 0.6) is 0 Å². The number of hydrogen-bond acceptors (Lipinski definition) is 8. The number of anilines is 2. The first kappa shape index (κ1) is 30.9. The Morgan fingerprint density at radius 1 is 1.06 bits per heavy atom. The van der Waals surface area contributed by atoms with Gasteiger partial charge in [-0.3, -0.25) is 14.2 Å². The summed E-state index contributed by atoms with van der Waals surface area (Å²) >= 11 is 6.75. The van der Waals surface area contributed by atoms with E-state index in [9.17, 15) is 27.6 Å². The van der Waals surface area contributed by atoms with E-state index in [2.05, 4.69) is 25.7 Å². The number of nitrogens with zero attached hydrogens (tertiary/aromatic N) is 6. The van der Waals surface area contributed by atoms with Gasteiger partial charge < -0.3 is 15.4 Å². The maximum absolute atomic E-state index is 14.4. The van der Waals surface area contributed by atoms with Crippen LogP contribution >= 0.6 is 11.6 Å². The van der Waals surface area contributed by atoms with Crippen LogP contribution < -0.4 is 22.0 Å². The Hall–Kier alpha value is -5.70. The fourth-order valence-corrected chi connectivity index (χ4v) is 6.15. The Bertz CT molecular complexity index is 2380. The van der Waals surface area contributed by atoms with Gasteiger partial charge in [0.2, 0.25) is 5.95 Å². The Labute approximate surface area is 273 Å². The van der Waals surface area contributed by atoms with Gasteiger partial charge in [0.25, 0.3) is 0 Å². The van der Waals surface area contributed by atoms with E-state index in [1.54, 1.807) is 42.2 Å². The molecule has 2 aliphatic heterocycles. The number of aromatic nitrogens is 6. The van der Waals surface area contributed by atoms with Crippen LogP contribution in [0.3, 0.4) is 0 Å². The molecule has 0 aliphatic carbocycles. The first-order valence-corrected chi connectivity index (χ1v) is 15.0. The molecule has 16 heteroatoms. The zero-order valence-electron chi connectivity index (χ0n) is 25.1. The van der Waals surface area contributed by atoms with Gasteiger partial charge in [0.05, 0.1) is 41.3 Å². The summed E-state index contributed by atoms with van der Waals surface area (Å²) in [4.78, 5) is 49.3. The summed E-state index contributed by atoms with van der Waals surface area (Å²) in [5.74, 6) is -4.89. The second-order valence-corrected chi connectivity index (χ2v) is 11.5. The summed E-state index contributed by atoms with van der Waals surface area (Å²) in [6.45, 7) is -0.505. The summed E-state index contributed by atoms with van der Waals surface area (Å²) in [5, 5.41) is 12.0. The van der Waals surface area contributed by atoms with Crippen LogP contribution in [0.2, 0.25) is 5.02 Å². The molecule has 8 rings (SSSR count). The molecule has 48 heavy (non-hydrogen) atoms. The number of nitrogens with one attached hydrogen (secondary N) is 2. The van der Waals surface area contributed by atoms with E-state index in [1.165, 1.54) is 12.4 Å². The monoisotopic (exact) mass is 676 g/mol. The summed E-state index contributed by atoms with van der Waals surface area (Å²) in [5.41, 5.74) is -0.0633. The smallest absolute Gasteiger partial charge is 0.407 e. The van der Waals surface area contributed by atoms with Crippen LogP contribution in [0.25, 0.3) is 27.4 Å². The number of aryl methyl sites for hydroxylation is 2. The van der Waals surface area contributed by atoms with Gasteiger partial charge >= 0.3 is 17.5 Å². The Kier molecular flexibility index (Phi) is 7.83. The van der Waals surface area contributed by atoms with Gasteiger partial charge in [0.1, 0.15) is 0 Å². The van der Waals surface area contributed by atoms with Crippen molar-refractivity contribution in [1.29, 1.82) is 0 Å². The maximum Gasteiger partial charge on any atom is 0.407 e. The number of benzene rings is 3. The molecule has 6 aromatic rings. The van der Waals surface area contributed by atoms with Gasteiger partial charge in [-0.15, -0.1) is 0 Å². The Balaban J connectivity index is 1.52. The van der Waals surface area contributed by atoms with Crippen molar-refractivity contribution in [2.75, 3.05) is 11.9 Å². The summed E-state index contributed by atoms with van der Waals surface area (Å²) in [6.07, 6.45) is 4.57. The SMILES string of the molecule is Cn1cc2c3c(c(Cl)cc2n1)Nc1nc(=O)n(c(=O)n1Cc1cc(F)c(F)c(F)c1)-c1cncc2cccc(c12)CNC(=O)OCCC3. The second kappa shape index (κ2) is 12.2. The molecule has 0 spiro atoms. The van der Waals surface area contributed by atoms with Crippen molar-refractivity contribution in [3.8, 4) is 5.69 Å². The van der Waals surface area contributed by atoms with E-state index in [4.69, 9.17) is 16.3 Å².